The molecule has 0 aliphatic carbocycles. The average Bonchev–Trinajstić information content (AvgIpc) is 3.53. The topological polar surface area (TPSA) is 151 Å². The quantitative estimate of drug-likeness (QED) is 0.285. The second-order valence-corrected chi connectivity index (χ2v) is 7.72. The van der Waals surface area contributed by atoms with Gasteiger partial charge >= 0.3 is 0 Å². The van der Waals surface area contributed by atoms with Gasteiger partial charge in [-0.25, -0.2) is 5.48 Å². The van der Waals surface area contributed by atoms with Crippen LogP contribution in [0.5, 0.6) is 0 Å². The summed E-state index contributed by atoms with van der Waals surface area (Å²) in [6.45, 7) is 4.17. The first-order valence-corrected chi connectivity index (χ1v) is 10.6. The van der Waals surface area contributed by atoms with E-state index < -0.39 is 5.91 Å². The van der Waals surface area contributed by atoms with Gasteiger partial charge in [0.05, 0.1) is 6.26 Å². The molecular formula is C21H23N9O3. The Kier molecular flexibility index (Phi) is 5.59. The first-order chi connectivity index (χ1) is 16.1. The van der Waals surface area contributed by atoms with Crippen molar-refractivity contribution in [2.75, 3.05) is 43.4 Å². The number of nitrogens with zero attached hydrogens (tertiary/aromatic N) is 7. The molecule has 3 aromatic heterocycles. The summed E-state index contributed by atoms with van der Waals surface area (Å²) in [5.41, 5.74) is 9.31. The van der Waals surface area contributed by atoms with Crippen LogP contribution in [-0.4, -0.2) is 73.3 Å². The highest BCUT2D eigenvalue weighted by atomic mass is 16.5. The third kappa shape index (κ3) is 4.33. The lowest BCUT2D eigenvalue weighted by molar-refractivity contribution is 0.0706. The summed E-state index contributed by atoms with van der Waals surface area (Å²) in [7, 11) is 0. The standard InChI is InChI=1S/C21H23N9O3/c22-19-24-20(25-21-23-17(26-30(19)21)16-2-1-13-33-16)29-11-9-28(10-12-29)8-7-14-3-5-15(6-4-14)18(31)27-32/h1-6,13,32H,7-12H2,(H,27,31)(H2,22,23,24,25,26). The fourth-order valence-corrected chi connectivity index (χ4v) is 3.79. The molecule has 1 aromatic carbocycles. The number of piperazine rings is 1. The Morgan fingerprint density at radius 1 is 1.09 bits per heavy atom. The molecule has 1 saturated heterocycles. The molecule has 0 saturated carbocycles. The number of hydrogen-bond acceptors (Lipinski definition) is 10. The number of anilines is 2. The van der Waals surface area contributed by atoms with Crippen LogP contribution in [-0.2, 0) is 6.42 Å². The van der Waals surface area contributed by atoms with Gasteiger partial charge in [-0.05, 0) is 36.2 Å². The monoisotopic (exact) mass is 449 g/mol. The normalized spacial score (nSPS) is 14.6. The molecule has 0 radical (unpaired) electrons. The third-order valence-electron chi connectivity index (χ3n) is 5.65. The molecule has 4 aromatic rings. The van der Waals surface area contributed by atoms with Crippen molar-refractivity contribution in [3.05, 3.63) is 53.8 Å². The summed E-state index contributed by atoms with van der Waals surface area (Å²) >= 11 is 0. The number of benzene rings is 1. The minimum Gasteiger partial charge on any atom is -0.461 e. The van der Waals surface area contributed by atoms with Gasteiger partial charge in [0.1, 0.15) is 0 Å². The van der Waals surface area contributed by atoms with E-state index in [2.05, 4.69) is 29.9 Å². The molecule has 5 rings (SSSR count). The van der Waals surface area contributed by atoms with Crippen LogP contribution in [0, 0.1) is 0 Å². The number of carbonyl (C=O) groups excluding carboxylic acids is 1. The fraction of sp³-hybridized carbons (Fsp3) is 0.286. The third-order valence-corrected chi connectivity index (χ3v) is 5.65. The number of amides is 1. The van der Waals surface area contributed by atoms with E-state index in [0.717, 1.165) is 44.7 Å². The van der Waals surface area contributed by atoms with E-state index in [1.807, 2.05) is 12.1 Å². The van der Waals surface area contributed by atoms with Gasteiger partial charge in [0.25, 0.3) is 11.7 Å². The number of aromatic nitrogens is 5. The highest BCUT2D eigenvalue weighted by Gasteiger charge is 2.21. The van der Waals surface area contributed by atoms with Crippen LogP contribution >= 0.6 is 0 Å². The second-order valence-electron chi connectivity index (χ2n) is 7.72. The van der Waals surface area contributed by atoms with E-state index in [4.69, 9.17) is 15.4 Å². The minimum atomic E-state index is -0.512. The largest absolute Gasteiger partial charge is 0.461 e. The summed E-state index contributed by atoms with van der Waals surface area (Å²) in [6.07, 6.45) is 2.43. The van der Waals surface area contributed by atoms with Crippen LogP contribution in [0.3, 0.4) is 0 Å². The lowest BCUT2D eigenvalue weighted by Gasteiger charge is -2.34. The molecule has 33 heavy (non-hydrogen) atoms. The predicted molar refractivity (Wildman–Crippen MR) is 119 cm³/mol. The molecule has 1 aliphatic rings. The molecule has 0 atom stereocenters. The van der Waals surface area contributed by atoms with Crippen LogP contribution < -0.4 is 16.1 Å². The molecule has 1 aliphatic heterocycles. The molecule has 0 spiro atoms. The first kappa shape index (κ1) is 20.8. The molecule has 170 valence electrons. The molecule has 12 nitrogen and oxygen atoms in total. The minimum absolute atomic E-state index is 0.223. The summed E-state index contributed by atoms with van der Waals surface area (Å²) in [5.74, 6) is 1.58. The summed E-state index contributed by atoms with van der Waals surface area (Å²) in [5, 5.41) is 13.0. The smallest absolute Gasteiger partial charge is 0.274 e. The van der Waals surface area contributed by atoms with Crippen molar-refractivity contribution in [1.29, 1.82) is 0 Å². The first-order valence-electron chi connectivity index (χ1n) is 10.6. The Labute approximate surface area is 188 Å². The lowest BCUT2D eigenvalue weighted by atomic mass is 10.1. The predicted octanol–water partition coefficient (Wildman–Crippen LogP) is 0.845. The van der Waals surface area contributed by atoms with Crippen LogP contribution in [0.2, 0.25) is 0 Å². The lowest BCUT2D eigenvalue weighted by Crippen LogP contribution is -2.47. The van der Waals surface area contributed by atoms with Crippen molar-refractivity contribution >= 4 is 23.6 Å². The Morgan fingerprint density at radius 3 is 2.58 bits per heavy atom. The van der Waals surface area contributed by atoms with Gasteiger partial charge in [-0.1, -0.05) is 12.1 Å². The van der Waals surface area contributed by atoms with Crippen molar-refractivity contribution in [3.8, 4) is 11.6 Å². The van der Waals surface area contributed by atoms with Gasteiger partial charge in [-0.2, -0.15) is 19.5 Å². The number of hydrogen-bond donors (Lipinski definition) is 3. The maximum Gasteiger partial charge on any atom is 0.274 e. The van der Waals surface area contributed by atoms with E-state index in [0.29, 0.717) is 28.9 Å². The average molecular weight is 449 g/mol. The van der Waals surface area contributed by atoms with Gasteiger partial charge in [-0.15, -0.1) is 5.10 Å². The van der Waals surface area contributed by atoms with Crippen molar-refractivity contribution in [2.45, 2.75) is 6.42 Å². The van der Waals surface area contributed by atoms with Crippen LogP contribution in [0.1, 0.15) is 15.9 Å². The number of fused-ring (bicyclic) bond motifs is 1. The van der Waals surface area contributed by atoms with Crippen molar-refractivity contribution in [3.63, 3.8) is 0 Å². The number of nitrogens with one attached hydrogen (secondary N) is 1. The molecule has 4 heterocycles. The molecule has 1 fully saturated rings. The van der Waals surface area contributed by atoms with Gasteiger partial charge in [-0.3, -0.25) is 14.9 Å². The highest BCUT2D eigenvalue weighted by Crippen LogP contribution is 2.19. The number of carbonyl (C=O) groups is 1. The molecule has 12 heteroatoms. The Hall–Kier alpha value is -4.03. The Balaban J connectivity index is 1.20. The fourth-order valence-electron chi connectivity index (χ4n) is 3.79. The van der Waals surface area contributed by atoms with Crippen LogP contribution in [0.4, 0.5) is 11.9 Å². The maximum absolute atomic E-state index is 11.4. The molecular weight excluding hydrogens is 426 g/mol. The molecule has 0 unspecified atom stereocenters. The van der Waals surface area contributed by atoms with E-state index >= 15 is 0 Å². The summed E-state index contributed by atoms with van der Waals surface area (Å²) < 4.78 is 6.76. The van der Waals surface area contributed by atoms with E-state index in [9.17, 15) is 4.79 Å². The number of furan rings is 1. The van der Waals surface area contributed by atoms with Gasteiger partial charge in [0.2, 0.25) is 17.7 Å². The van der Waals surface area contributed by atoms with Crippen molar-refractivity contribution < 1.29 is 14.4 Å². The SMILES string of the molecule is Nc1nc(N2CCN(CCc3ccc(C(=O)NO)cc3)CC2)nc2nc(-c3ccco3)nn12. The maximum atomic E-state index is 11.4. The molecule has 0 bridgehead atoms. The van der Waals surface area contributed by atoms with Gasteiger partial charge in [0.15, 0.2) is 5.76 Å². The van der Waals surface area contributed by atoms with E-state index in [-0.39, 0.29) is 5.95 Å². The number of nitrogens with two attached hydrogens (primary N) is 1. The zero-order valence-corrected chi connectivity index (χ0v) is 17.8. The Morgan fingerprint density at radius 2 is 1.88 bits per heavy atom. The molecule has 1 amide bonds. The number of nitrogen functional groups attached to an aromatic ring is 1. The van der Waals surface area contributed by atoms with Gasteiger partial charge in [0, 0.05) is 38.3 Å². The zero-order chi connectivity index (χ0) is 22.8. The van der Waals surface area contributed by atoms with Crippen LogP contribution in [0.25, 0.3) is 17.4 Å². The van der Waals surface area contributed by atoms with Crippen molar-refractivity contribution in [1.82, 2.24) is 34.9 Å². The summed E-state index contributed by atoms with van der Waals surface area (Å²) in [4.78, 5) is 29.3. The Bertz CT molecular complexity index is 1250. The highest BCUT2D eigenvalue weighted by molar-refractivity contribution is 5.93. The van der Waals surface area contributed by atoms with E-state index in [1.54, 1.807) is 36.0 Å². The van der Waals surface area contributed by atoms with Crippen LogP contribution in [0.15, 0.2) is 47.1 Å². The van der Waals surface area contributed by atoms with E-state index in [1.165, 1.54) is 4.52 Å². The number of hydroxylamine groups is 1. The van der Waals surface area contributed by atoms with Gasteiger partial charge < -0.3 is 15.1 Å². The summed E-state index contributed by atoms with van der Waals surface area (Å²) in [6, 6.07) is 10.8. The second kappa shape index (κ2) is 8.84. The zero-order valence-electron chi connectivity index (χ0n) is 17.8. The molecule has 4 N–H and O–H groups in total. The number of rotatable bonds is 6. The van der Waals surface area contributed by atoms with Crippen molar-refractivity contribution in [2.24, 2.45) is 0 Å².